The number of carboxylic acid groups (broad SMARTS) is 2. The molecule has 0 spiro atoms. The third-order valence-electron chi connectivity index (χ3n) is 2.82. The largest absolute Gasteiger partial charge is 2.00 e. The van der Waals surface area contributed by atoms with Crippen molar-refractivity contribution in [3.63, 3.8) is 0 Å². The maximum atomic E-state index is 9.93. The fraction of sp³-hybridized carbons (Fsp3) is 0.875. The minimum Gasteiger partial charge on any atom is -0.550 e. The molecule has 0 aromatic carbocycles. The molecule has 0 aromatic rings. The Bertz CT molecular complexity index is 227. The van der Waals surface area contributed by atoms with E-state index in [-0.39, 0.29) is 33.9 Å². The van der Waals surface area contributed by atoms with Crippen molar-refractivity contribution in [3.05, 3.63) is 0 Å². The third kappa shape index (κ3) is 32.8. The van der Waals surface area contributed by atoms with E-state index in [4.69, 9.17) is 0 Å². The average molecular weight is 481 g/mol. The van der Waals surface area contributed by atoms with Crippen molar-refractivity contribution in [1.82, 2.24) is 0 Å². The molecule has 0 saturated heterocycles. The van der Waals surface area contributed by atoms with Crippen molar-refractivity contribution in [2.45, 2.75) is 79.1 Å². The first-order valence-electron chi connectivity index (χ1n) is 7.65. The van der Waals surface area contributed by atoms with Crippen LogP contribution in [0.25, 0.3) is 0 Å². The Kier molecular flexibility index (Phi) is 21.5. The number of unbranched alkanes of at least 4 members (excludes halogenated alkanes) is 2. The molecule has 5 heteroatoms. The Hall–Kier alpha value is -0.372. The predicted octanol–water partition coefficient (Wildman–Crippen LogP) is 1.90. The molecule has 0 rings (SSSR count). The molecule has 0 aliphatic carbocycles. The second kappa shape index (κ2) is 17.7. The van der Waals surface area contributed by atoms with Gasteiger partial charge in [-0.15, -0.1) is 0 Å². The van der Waals surface area contributed by atoms with Gasteiger partial charge in [-0.1, -0.05) is 53.4 Å². The molecule has 0 aliphatic rings. The molecule has 0 atom stereocenters. The van der Waals surface area contributed by atoms with Crippen LogP contribution in [0.3, 0.4) is 0 Å². The molecule has 21 heavy (non-hydrogen) atoms. The van der Waals surface area contributed by atoms with Crippen molar-refractivity contribution in [2.75, 3.05) is 0 Å². The van der Waals surface area contributed by atoms with E-state index in [1.54, 1.807) is 0 Å². The molecule has 0 aromatic heterocycles. The minimum atomic E-state index is -0.927. The molecule has 0 aliphatic heterocycles. The SMILES string of the molecule is CC(C)CCCCC(=O)[O-].CC(C)CCCCC(=O)[O-].[Pt+2]. The molecule has 0 bridgehead atoms. The van der Waals surface area contributed by atoms with Gasteiger partial charge < -0.3 is 19.8 Å². The van der Waals surface area contributed by atoms with E-state index in [1.165, 1.54) is 0 Å². The molecule has 0 heterocycles. The molecule has 0 amide bonds. The smallest absolute Gasteiger partial charge is 0.550 e. The van der Waals surface area contributed by atoms with Gasteiger partial charge in [-0.2, -0.15) is 0 Å². The maximum absolute atomic E-state index is 9.93. The standard InChI is InChI=1S/2C8H16O2.Pt/c2*1-7(2)5-3-4-6-8(9)10;/h2*7H,3-6H2,1-2H3,(H,9,10);/q;;+2/p-2. The zero-order valence-electron chi connectivity index (χ0n) is 13.8. The van der Waals surface area contributed by atoms with Gasteiger partial charge >= 0.3 is 21.1 Å². The van der Waals surface area contributed by atoms with Gasteiger partial charge in [0.05, 0.1) is 0 Å². The molecule has 0 unspecified atom stereocenters. The van der Waals surface area contributed by atoms with Crippen molar-refractivity contribution in [3.8, 4) is 0 Å². The van der Waals surface area contributed by atoms with Gasteiger partial charge in [0.15, 0.2) is 0 Å². The Morgan fingerprint density at radius 1 is 0.714 bits per heavy atom. The van der Waals surface area contributed by atoms with E-state index >= 15 is 0 Å². The number of carbonyl (C=O) groups is 2. The summed E-state index contributed by atoms with van der Waals surface area (Å²) in [5.41, 5.74) is 0. The average Bonchev–Trinajstić information content (AvgIpc) is 2.30. The van der Waals surface area contributed by atoms with Crippen LogP contribution < -0.4 is 10.2 Å². The van der Waals surface area contributed by atoms with Crippen LogP contribution >= 0.6 is 0 Å². The first kappa shape index (κ1) is 25.6. The summed E-state index contributed by atoms with van der Waals surface area (Å²) < 4.78 is 0. The van der Waals surface area contributed by atoms with E-state index in [1.807, 2.05) is 0 Å². The van der Waals surface area contributed by atoms with E-state index in [9.17, 15) is 19.8 Å². The third-order valence-corrected chi connectivity index (χ3v) is 2.82. The number of aliphatic carboxylic acids is 2. The topological polar surface area (TPSA) is 80.3 Å². The van der Waals surface area contributed by atoms with Crippen LogP contribution in [0.1, 0.15) is 79.1 Å². The fourth-order valence-corrected chi connectivity index (χ4v) is 1.64. The second-order valence-corrected chi connectivity index (χ2v) is 6.02. The van der Waals surface area contributed by atoms with Crippen LogP contribution in [0.5, 0.6) is 0 Å². The van der Waals surface area contributed by atoms with Crippen molar-refractivity contribution >= 4 is 11.9 Å². The molecule has 0 N–H and O–H groups in total. The fourth-order valence-electron chi connectivity index (χ4n) is 1.64. The summed E-state index contributed by atoms with van der Waals surface area (Å²) in [6.45, 7) is 8.55. The Labute approximate surface area is 144 Å². The van der Waals surface area contributed by atoms with Crippen LogP contribution in [0.4, 0.5) is 0 Å². The molecule has 0 fully saturated rings. The van der Waals surface area contributed by atoms with Gasteiger partial charge in [-0.05, 0) is 37.5 Å². The van der Waals surface area contributed by atoms with Gasteiger partial charge in [0.25, 0.3) is 0 Å². The van der Waals surface area contributed by atoms with Gasteiger partial charge in [-0.3, -0.25) is 0 Å². The molecule has 0 radical (unpaired) electrons. The first-order chi connectivity index (χ1) is 9.25. The molecule has 128 valence electrons. The summed E-state index contributed by atoms with van der Waals surface area (Å²) >= 11 is 0. The van der Waals surface area contributed by atoms with Crippen molar-refractivity contribution < 1.29 is 40.9 Å². The Balaban J connectivity index is -0.000000295. The van der Waals surface area contributed by atoms with Crippen LogP contribution in [0.2, 0.25) is 0 Å². The van der Waals surface area contributed by atoms with Gasteiger partial charge in [0.1, 0.15) is 0 Å². The first-order valence-corrected chi connectivity index (χ1v) is 7.65. The van der Waals surface area contributed by atoms with E-state index in [2.05, 4.69) is 27.7 Å². The normalized spacial score (nSPS) is 9.81. The van der Waals surface area contributed by atoms with Crippen LogP contribution in [0.15, 0.2) is 0 Å². The van der Waals surface area contributed by atoms with Crippen molar-refractivity contribution in [1.29, 1.82) is 0 Å². The van der Waals surface area contributed by atoms with Crippen molar-refractivity contribution in [2.24, 2.45) is 11.8 Å². The summed E-state index contributed by atoms with van der Waals surface area (Å²) in [5.74, 6) is -0.490. The van der Waals surface area contributed by atoms with E-state index in [0.29, 0.717) is 11.8 Å². The van der Waals surface area contributed by atoms with E-state index in [0.717, 1.165) is 38.5 Å². The zero-order chi connectivity index (χ0) is 16.0. The quantitative estimate of drug-likeness (QED) is 0.447. The molecule has 4 nitrogen and oxygen atoms in total. The maximum Gasteiger partial charge on any atom is 2.00 e. The minimum absolute atomic E-state index is 0. The van der Waals surface area contributed by atoms with Gasteiger partial charge in [0, 0.05) is 11.9 Å². The number of carboxylic acids is 2. The van der Waals surface area contributed by atoms with Gasteiger partial charge in [0.2, 0.25) is 0 Å². The monoisotopic (exact) mass is 481 g/mol. The van der Waals surface area contributed by atoms with E-state index < -0.39 is 11.9 Å². The summed E-state index contributed by atoms with van der Waals surface area (Å²) in [7, 11) is 0. The number of rotatable bonds is 10. The second-order valence-electron chi connectivity index (χ2n) is 6.02. The van der Waals surface area contributed by atoms with Crippen LogP contribution in [-0.2, 0) is 30.7 Å². The zero-order valence-corrected chi connectivity index (χ0v) is 16.0. The summed E-state index contributed by atoms with van der Waals surface area (Å²) in [6, 6.07) is 0. The van der Waals surface area contributed by atoms with Gasteiger partial charge in [-0.25, -0.2) is 0 Å². The Morgan fingerprint density at radius 2 is 1.00 bits per heavy atom. The summed E-state index contributed by atoms with van der Waals surface area (Å²) in [6.07, 6.45) is 6.21. The van der Waals surface area contributed by atoms with Crippen LogP contribution in [0, 0.1) is 11.8 Å². The summed E-state index contributed by atoms with van der Waals surface area (Å²) in [5, 5.41) is 19.9. The molecule has 0 saturated carbocycles. The predicted molar refractivity (Wildman–Crippen MR) is 76.6 cm³/mol. The summed E-state index contributed by atoms with van der Waals surface area (Å²) in [4.78, 5) is 19.9. The van der Waals surface area contributed by atoms with Crippen LogP contribution in [-0.4, -0.2) is 11.9 Å². The number of hydrogen-bond donors (Lipinski definition) is 0. The molecular formula is C16H30O4Pt. The number of carbonyl (C=O) groups excluding carboxylic acids is 2. The number of hydrogen-bond acceptors (Lipinski definition) is 4. The Morgan fingerprint density at radius 3 is 1.19 bits per heavy atom. The molecular weight excluding hydrogens is 451 g/mol.